The molecule has 0 saturated carbocycles. The van der Waals surface area contributed by atoms with Crippen molar-refractivity contribution < 1.29 is 24.6 Å². The van der Waals surface area contributed by atoms with Crippen molar-refractivity contribution in [3.8, 4) is 11.5 Å². The highest BCUT2D eigenvalue weighted by Gasteiger charge is 2.31. The Morgan fingerprint density at radius 3 is 2.62 bits per heavy atom. The minimum absolute atomic E-state index is 0.0692. The van der Waals surface area contributed by atoms with Crippen LogP contribution >= 0.6 is 11.3 Å². The number of phenolic OH excluding ortho intramolecular Hbond substituents is 2. The maximum Gasteiger partial charge on any atom is 0.195 e. The molecule has 21 heavy (non-hydrogen) atoms. The normalized spacial score (nSPS) is 13.8. The predicted molar refractivity (Wildman–Crippen MR) is 76.1 cm³/mol. The highest BCUT2D eigenvalue weighted by Crippen LogP contribution is 2.37. The Labute approximate surface area is 122 Å². The van der Waals surface area contributed by atoms with Crippen LogP contribution in [0.15, 0.2) is 29.7 Å². The summed E-state index contributed by atoms with van der Waals surface area (Å²) in [5.74, 6) is -1.81. The van der Waals surface area contributed by atoms with E-state index in [1.54, 1.807) is 11.4 Å². The Morgan fingerprint density at radius 2 is 1.90 bits per heavy atom. The summed E-state index contributed by atoms with van der Waals surface area (Å²) in [5.41, 5.74) is 0.209. The van der Waals surface area contributed by atoms with Gasteiger partial charge in [0.1, 0.15) is 11.5 Å². The Kier molecular flexibility index (Phi) is 2.95. The van der Waals surface area contributed by atoms with Crippen LogP contribution in [0.4, 0.5) is 0 Å². The molecular weight excluding hydrogens is 292 g/mol. The number of thiophene rings is 1. The number of fused-ring (bicyclic) bond motifs is 1. The van der Waals surface area contributed by atoms with Crippen LogP contribution in [-0.2, 0) is 0 Å². The van der Waals surface area contributed by atoms with Crippen molar-refractivity contribution in [2.75, 3.05) is 0 Å². The van der Waals surface area contributed by atoms with Gasteiger partial charge in [-0.3, -0.25) is 14.4 Å². The van der Waals surface area contributed by atoms with E-state index in [0.29, 0.717) is 16.7 Å². The van der Waals surface area contributed by atoms with E-state index in [-0.39, 0.29) is 22.4 Å². The quantitative estimate of drug-likeness (QED) is 0.831. The van der Waals surface area contributed by atoms with Crippen molar-refractivity contribution in [2.45, 2.75) is 0 Å². The number of benzene rings is 1. The molecule has 2 aromatic rings. The van der Waals surface area contributed by atoms with Crippen molar-refractivity contribution in [2.24, 2.45) is 0 Å². The van der Waals surface area contributed by atoms with Gasteiger partial charge in [-0.25, -0.2) is 0 Å². The first-order chi connectivity index (χ1) is 10.0. The fourth-order valence-electron chi connectivity index (χ4n) is 2.26. The molecule has 104 valence electrons. The van der Waals surface area contributed by atoms with Gasteiger partial charge in [-0.15, -0.1) is 11.3 Å². The third-order valence-corrected chi connectivity index (χ3v) is 4.14. The summed E-state index contributed by atoms with van der Waals surface area (Å²) >= 11 is 1.17. The second kappa shape index (κ2) is 4.68. The summed E-state index contributed by atoms with van der Waals surface area (Å²) < 4.78 is 0. The van der Waals surface area contributed by atoms with E-state index in [9.17, 15) is 24.6 Å². The maximum absolute atomic E-state index is 12.5. The average Bonchev–Trinajstić information content (AvgIpc) is 2.90. The molecule has 1 aliphatic carbocycles. The number of carbonyl (C=O) groups is 3. The molecule has 0 bridgehead atoms. The fourth-order valence-corrected chi connectivity index (χ4v) is 3.14. The van der Waals surface area contributed by atoms with Crippen molar-refractivity contribution in [3.63, 3.8) is 0 Å². The number of allylic oxidation sites excluding steroid dienone is 2. The fraction of sp³-hybridized carbons (Fsp3) is 0. The lowest BCUT2D eigenvalue weighted by Gasteiger charge is -2.16. The molecule has 0 unspecified atom stereocenters. The van der Waals surface area contributed by atoms with E-state index in [4.69, 9.17) is 0 Å². The van der Waals surface area contributed by atoms with Gasteiger partial charge in [0.15, 0.2) is 17.9 Å². The molecule has 1 heterocycles. The van der Waals surface area contributed by atoms with Gasteiger partial charge in [-0.05, 0) is 23.6 Å². The number of rotatable bonds is 2. The van der Waals surface area contributed by atoms with Gasteiger partial charge in [0.25, 0.3) is 0 Å². The number of hydrogen-bond donors (Lipinski definition) is 2. The van der Waals surface area contributed by atoms with Crippen molar-refractivity contribution in [1.82, 2.24) is 0 Å². The van der Waals surface area contributed by atoms with E-state index in [1.807, 2.05) is 0 Å². The average molecular weight is 300 g/mol. The summed E-state index contributed by atoms with van der Waals surface area (Å²) in [7, 11) is 0. The molecule has 3 rings (SSSR count). The third-order valence-electron chi connectivity index (χ3n) is 3.18. The number of ketones is 2. The predicted octanol–water partition coefficient (Wildman–Crippen LogP) is 2.43. The number of aldehydes is 1. The van der Waals surface area contributed by atoms with Crippen LogP contribution in [0.1, 0.15) is 36.0 Å². The van der Waals surface area contributed by atoms with Gasteiger partial charge < -0.3 is 10.2 Å². The first kappa shape index (κ1) is 13.3. The van der Waals surface area contributed by atoms with E-state index in [1.165, 1.54) is 11.3 Å². The van der Waals surface area contributed by atoms with Gasteiger partial charge in [0.05, 0.1) is 5.56 Å². The lowest BCUT2D eigenvalue weighted by Crippen LogP contribution is -2.16. The van der Waals surface area contributed by atoms with Crippen molar-refractivity contribution >= 4 is 34.8 Å². The molecule has 0 spiro atoms. The van der Waals surface area contributed by atoms with Crippen molar-refractivity contribution in [1.29, 1.82) is 0 Å². The zero-order valence-electron chi connectivity index (χ0n) is 10.5. The molecule has 5 nitrogen and oxygen atoms in total. The highest BCUT2D eigenvalue weighted by molar-refractivity contribution is 7.12. The van der Waals surface area contributed by atoms with Crippen LogP contribution in [0, 0.1) is 0 Å². The van der Waals surface area contributed by atoms with Crippen molar-refractivity contribution in [3.05, 3.63) is 51.2 Å². The van der Waals surface area contributed by atoms with E-state index in [0.717, 1.165) is 18.2 Å². The lowest BCUT2D eigenvalue weighted by molar-refractivity contribution is 0.0998. The molecule has 0 radical (unpaired) electrons. The third kappa shape index (κ3) is 1.96. The summed E-state index contributed by atoms with van der Waals surface area (Å²) in [6.07, 6.45) is 1.72. The molecular formula is C15H8O5S. The number of carbonyl (C=O) groups excluding carboxylic acids is 3. The van der Waals surface area contributed by atoms with E-state index < -0.39 is 17.3 Å². The summed E-state index contributed by atoms with van der Waals surface area (Å²) in [5, 5.41) is 20.9. The number of phenols is 2. The second-order valence-corrected chi connectivity index (χ2v) is 5.38. The van der Waals surface area contributed by atoms with Crippen LogP contribution in [0.25, 0.3) is 5.57 Å². The molecule has 2 N–H and O–H groups in total. The standard InChI is InChI=1S/C15H8O5S/c16-6-7-1-2-21-15(7)10-5-12(19)13-9(14(10)20)3-8(17)4-11(13)18/h1-6,17-18H. The van der Waals surface area contributed by atoms with Gasteiger partial charge in [0.2, 0.25) is 0 Å². The minimum Gasteiger partial charge on any atom is -0.508 e. The number of aromatic hydroxyl groups is 2. The zero-order valence-corrected chi connectivity index (χ0v) is 11.3. The number of Topliss-reactive ketones (excluding diaryl/α,β-unsaturated/α-hetero) is 1. The Balaban J connectivity index is 2.22. The van der Waals surface area contributed by atoms with E-state index >= 15 is 0 Å². The van der Waals surface area contributed by atoms with Gasteiger partial charge in [-0.2, -0.15) is 0 Å². The molecule has 0 atom stereocenters. The zero-order chi connectivity index (χ0) is 15.1. The first-order valence-electron chi connectivity index (χ1n) is 5.92. The first-order valence-corrected chi connectivity index (χ1v) is 6.80. The monoisotopic (exact) mass is 300 g/mol. The lowest BCUT2D eigenvalue weighted by atomic mass is 9.87. The molecule has 1 aromatic carbocycles. The topological polar surface area (TPSA) is 91.7 Å². The van der Waals surface area contributed by atoms with Crippen LogP contribution < -0.4 is 0 Å². The molecule has 6 heteroatoms. The molecule has 0 saturated heterocycles. The van der Waals surface area contributed by atoms with Crippen LogP contribution in [0.5, 0.6) is 11.5 Å². The Hall–Kier alpha value is -2.73. The molecule has 1 aromatic heterocycles. The van der Waals surface area contributed by atoms with E-state index in [2.05, 4.69) is 0 Å². The minimum atomic E-state index is -0.539. The Bertz CT molecular complexity index is 829. The molecule has 0 amide bonds. The largest absolute Gasteiger partial charge is 0.508 e. The molecule has 1 aliphatic rings. The smallest absolute Gasteiger partial charge is 0.195 e. The second-order valence-electron chi connectivity index (χ2n) is 4.46. The molecule has 0 aliphatic heterocycles. The number of hydrogen-bond acceptors (Lipinski definition) is 6. The van der Waals surface area contributed by atoms with Crippen LogP contribution in [0.2, 0.25) is 0 Å². The van der Waals surface area contributed by atoms with Gasteiger partial charge in [0, 0.05) is 27.6 Å². The summed E-state index contributed by atoms with van der Waals surface area (Å²) in [6, 6.07) is 3.70. The van der Waals surface area contributed by atoms with Gasteiger partial charge >= 0.3 is 0 Å². The highest BCUT2D eigenvalue weighted by atomic mass is 32.1. The SMILES string of the molecule is O=Cc1ccsc1C1=CC(=O)c2c(O)cc(O)cc2C1=O. The maximum atomic E-state index is 12.5. The molecule has 0 fully saturated rings. The summed E-state index contributed by atoms with van der Waals surface area (Å²) in [6.45, 7) is 0. The van der Waals surface area contributed by atoms with Crippen LogP contribution in [-0.4, -0.2) is 28.1 Å². The summed E-state index contributed by atoms with van der Waals surface area (Å²) in [4.78, 5) is 36.0. The Morgan fingerprint density at radius 1 is 1.14 bits per heavy atom. The van der Waals surface area contributed by atoms with Gasteiger partial charge in [-0.1, -0.05) is 0 Å². The van der Waals surface area contributed by atoms with Crippen LogP contribution in [0.3, 0.4) is 0 Å².